The van der Waals surface area contributed by atoms with Crippen molar-refractivity contribution in [3.63, 3.8) is 0 Å². The minimum atomic E-state index is 0.603. The van der Waals surface area contributed by atoms with Gasteiger partial charge in [0.05, 0.1) is 0 Å². The summed E-state index contributed by atoms with van der Waals surface area (Å²) >= 11 is 0. The summed E-state index contributed by atoms with van der Waals surface area (Å²) in [6.07, 6.45) is 0. The Labute approximate surface area is 85.7 Å². The van der Waals surface area contributed by atoms with Crippen LogP contribution in [0.25, 0.3) is 0 Å². The number of rotatable bonds is 4. The lowest BCUT2D eigenvalue weighted by atomic mass is 10.2. The van der Waals surface area contributed by atoms with Gasteiger partial charge in [-0.15, -0.1) is 0 Å². The van der Waals surface area contributed by atoms with E-state index in [2.05, 4.69) is 30.2 Å². The van der Waals surface area contributed by atoms with Crippen molar-refractivity contribution in [2.45, 2.75) is 27.3 Å². The Morgan fingerprint density at radius 1 is 1.43 bits per heavy atom. The summed E-state index contributed by atoms with van der Waals surface area (Å²) in [7, 11) is 0. The number of nitrogens with zero attached hydrogens (tertiary/aromatic N) is 1. The predicted octanol–water partition coefficient (Wildman–Crippen LogP) is 1.72. The third kappa shape index (κ3) is 3.75. The number of nitrogen functional groups attached to an aromatic ring is 1. The molecule has 78 valence electrons. The maximum absolute atomic E-state index is 5.65. The minimum absolute atomic E-state index is 0.603. The van der Waals surface area contributed by atoms with Gasteiger partial charge in [-0.1, -0.05) is 13.8 Å². The van der Waals surface area contributed by atoms with Gasteiger partial charge in [-0.3, -0.25) is 0 Å². The number of pyridine rings is 1. The highest BCUT2D eigenvalue weighted by Gasteiger charge is 1.98. The summed E-state index contributed by atoms with van der Waals surface area (Å²) < 4.78 is 0. The molecule has 3 nitrogen and oxygen atoms in total. The summed E-state index contributed by atoms with van der Waals surface area (Å²) in [5, 5.41) is 3.37. The number of anilines is 1. The van der Waals surface area contributed by atoms with Crippen LogP contribution in [0.15, 0.2) is 12.1 Å². The van der Waals surface area contributed by atoms with E-state index in [0.717, 1.165) is 18.8 Å². The number of aryl methyl sites for hydroxylation is 1. The smallest absolute Gasteiger partial charge is 0.123 e. The molecule has 0 amide bonds. The quantitative estimate of drug-likeness (QED) is 0.765. The Kier molecular flexibility index (Phi) is 3.89. The fourth-order valence-corrected chi connectivity index (χ4v) is 1.38. The predicted molar refractivity (Wildman–Crippen MR) is 59.9 cm³/mol. The van der Waals surface area contributed by atoms with Gasteiger partial charge in [-0.05, 0) is 37.1 Å². The second kappa shape index (κ2) is 4.96. The molecule has 1 aromatic rings. The monoisotopic (exact) mass is 193 g/mol. The number of nitrogens with two attached hydrogens (primary N) is 1. The Balaban J connectivity index is 2.50. The van der Waals surface area contributed by atoms with Gasteiger partial charge < -0.3 is 11.1 Å². The molecule has 0 aliphatic heterocycles. The summed E-state index contributed by atoms with van der Waals surface area (Å²) in [5.41, 5.74) is 7.83. The van der Waals surface area contributed by atoms with Gasteiger partial charge in [0, 0.05) is 12.2 Å². The molecule has 0 unspecified atom stereocenters. The van der Waals surface area contributed by atoms with Gasteiger partial charge in [0.25, 0.3) is 0 Å². The lowest BCUT2D eigenvalue weighted by molar-refractivity contribution is 0.552. The highest BCUT2D eigenvalue weighted by Crippen LogP contribution is 2.06. The standard InChI is InChI=1S/C11H19N3/c1-8(2)6-13-7-10-4-9(3)14-11(12)5-10/h4-5,8,13H,6-7H2,1-3H3,(H2,12,14). The number of hydrogen-bond acceptors (Lipinski definition) is 3. The second-order valence-corrected chi connectivity index (χ2v) is 4.07. The number of nitrogens with one attached hydrogen (secondary N) is 1. The summed E-state index contributed by atoms with van der Waals surface area (Å²) in [5.74, 6) is 1.28. The molecule has 0 spiro atoms. The van der Waals surface area contributed by atoms with Crippen LogP contribution >= 0.6 is 0 Å². The van der Waals surface area contributed by atoms with E-state index in [1.54, 1.807) is 0 Å². The van der Waals surface area contributed by atoms with Crippen LogP contribution in [-0.2, 0) is 6.54 Å². The van der Waals surface area contributed by atoms with E-state index in [1.807, 2.05) is 13.0 Å². The maximum atomic E-state index is 5.65. The van der Waals surface area contributed by atoms with Crippen LogP contribution in [0.5, 0.6) is 0 Å². The largest absolute Gasteiger partial charge is 0.384 e. The fourth-order valence-electron chi connectivity index (χ4n) is 1.38. The van der Waals surface area contributed by atoms with Crippen LogP contribution in [0.2, 0.25) is 0 Å². The molecule has 0 saturated heterocycles. The second-order valence-electron chi connectivity index (χ2n) is 4.07. The molecular formula is C11H19N3. The first-order valence-electron chi connectivity index (χ1n) is 5.01. The molecule has 0 aliphatic rings. The van der Waals surface area contributed by atoms with Gasteiger partial charge in [0.15, 0.2) is 0 Å². The van der Waals surface area contributed by atoms with Gasteiger partial charge >= 0.3 is 0 Å². The van der Waals surface area contributed by atoms with Crippen molar-refractivity contribution in [1.29, 1.82) is 0 Å². The molecule has 0 bridgehead atoms. The highest BCUT2D eigenvalue weighted by molar-refractivity contribution is 5.34. The van der Waals surface area contributed by atoms with Crippen molar-refractivity contribution in [3.05, 3.63) is 23.4 Å². The first-order valence-corrected chi connectivity index (χ1v) is 5.01. The van der Waals surface area contributed by atoms with E-state index < -0.39 is 0 Å². The molecular weight excluding hydrogens is 174 g/mol. The van der Waals surface area contributed by atoms with Gasteiger partial charge in [-0.2, -0.15) is 0 Å². The molecule has 3 N–H and O–H groups in total. The summed E-state index contributed by atoms with van der Waals surface area (Å²) in [6.45, 7) is 8.24. The van der Waals surface area contributed by atoms with Crippen molar-refractivity contribution < 1.29 is 0 Å². The van der Waals surface area contributed by atoms with Gasteiger partial charge in [-0.25, -0.2) is 4.98 Å². The fraction of sp³-hybridized carbons (Fsp3) is 0.545. The van der Waals surface area contributed by atoms with E-state index in [-0.39, 0.29) is 0 Å². The first kappa shape index (κ1) is 11.0. The third-order valence-corrected chi connectivity index (χ3v) is 1.91. The zero-order valence-corrected chi connectivity index (χ0v) is 9.17. The average Bonchev–Trinajstić information content (AvgIpc) is 2.01. The molecule has 1 heterocycles. The van der Waals surface area contributed by atoms with Crippen LogP contribution in [0.4, 0.5) is 5.82 Å². The van der Waals surface area contributed by atoms with Gasteiger partial charge in [0.2, 0.25) is 0 Å². The molecule has 0 radical (unpaired) electrons. The Morgan fingerprint density at radius 3 is 2.71 bits per heavy atom. The highest BCUT2D eigenvalue weighted by atomic mass is 14.9. The maximum Gasteiger partial charge on any atom is 0.123 e. The van der Waals surface area contributed by atoms with Crippen molar-refractivity contribution in [3.8, 4) is 0 Å². The minimum Gasteiger partial charge on any atom is -0.384 e. The van der Waals surface area contributed by atoms with Crippen LogP contribution in [0, 0.1) is 12.8 Å². The summed E-state index contributed by atoms with van der Waals surface area (Å²) in [4.78, 5) is 4.13. The van der Waals surface area contributed by atoms with E-state index in [4.69, 9.17) is 5.73 Å². The number of hydrogen-bond donors (Lipinski definition) is 2. The van der Waals surface area contributed by atoms with E-state index in [1.165, 1.54) is 5.56 Å². The third-order valence-electron chi connectivity index (χ3n) is 1.91. The molecule has 0 saturated carbocycles. The van der Waals surface area contributed by atoms with Crippen molar-refractivity contribution in [2.75, 3.05) is 12.3 Å². The lowest BCUT2D eigenvalue weighted by Gasteiger charge is -2.08. The van der Waals surface area contributed by atoms with Crippen LogP contribution < -0.4 is 11.1 Å². The Bertz CT molecular complexity index is 274. The van der Waals surface area contributed by atoms with Gasteiger partial charge in [0.1, 0.15) is 5.82 Å². The van der Waals surface area contributed by atoms with Crippen LogP contribution in [0.3, 0.4) is 0 Å². The SMILES string of the molecule is Cc1cc(CNCC(C)C)cc(N)n1. The van der Waals surface area contributed by atoms with Crippen LogP contribution in [0.1, 0.15) is 25.1 Å². The zero-order chi connectivity index (χ0) is 10.6. The molecule has 3 heteroatoms. The van der Waals surface area contributed by atoms with Crippen LogP contribution in [-0.4, -0.2) is 11.5 Å². The Hall–Kier alpha value is -1.09. The van der Waals surface area contributed by atoms with E-state index >= 15 is 0 Å². The molecule has 0 atom stereocenters. The first-order chi connectivity index (χ1) is 6.58. The van der Waals surface area contributed by atoms with Crippen molar-refractivity contribution in [2.24, 2.45) is 5.92 Å². The normalized spacial score (nSPS) is 10.9. The summed E-state index contributed by atoms with van der Waals surface area (Å²) in [6, 6.07) is 3.98. The van der Waals surface area contributed by atoms with Crippen molar-refractivity contribution in [1.82, 2.24) is 10.3 Å². The molecule has 0 fully saturated rings. The molecule has 0 aliphatic carbocycles. The Morgan fingerprint density at radius 2 is 2.14 bits per heavy atom. The zero-order valence-electron chi connectivity index (χ0n) is 9.17. The van der Waals surface area contributed by atoms with Crippen molar-refractivity contribution >= 4 is 5.82 Å². The molecule has 14 heavy (non-hydrogen) atoms. The number of aromatic nitrogens is 1. The molecule has 1 rings (SSSR count). The molecule has 1 aromatic heterocycles. The topological polar surface area (TPSA) is 50.9 Å². The van der Waals surface area contributed by atoms with E-state index in [9.17, 15) is 0 Å². The molecule has 0 aromatic carbocycles. The van der Waals surface area contributed by atoms with E-state index in [0.29, 0.717) is 11.7 Å². The lowest BCUT2D eigenvalue weighted by Crippen LogP contribution is -2.19. The average molecular weight is 193 g/mol.